The summed E-state index contributed by atoms with van der Waals surface area (Å²) in [4.78, 5) is 23.2. The summed E-state index contributed by atoms with van der Waals surface area (Å²) in [5.74, 6) is -0.606. The van der Waals surface area contributed by atoms with Gasteiger partial charge >= 0.3 is 5.97 Å². The van der Waals surface area contributed by atoms with Crippen molar-refractivity contribution in [1.29, 1.82) is 0 Å². The Hall–Kier alpha value is -2.00. The molecule has 3 saturated heterocycles. The van der Waals surface area contributed by atoms with Crippen LogP contribution in [0.15, 0.2) is 36.0 Å². The molecule has 3 rings (SSSR count). The number of allylic oxidation sites excluding steroid dienone is 2. The summed E-state index contributed by atoms with van der Waals surface area (Å²) in [6.45, 7) is 11.7. The van der Waals surface area contributed by atoms with E-state index in [0.29, 0.717) is 13.0 Å². The number of hydrogen-bond donors (Lipinski definition) is 2. The van der Waals surface area contributed by atoms with Crippen LogP contribution < -0.4 is 5.32 Å². The molecule has 8 nitrogen and oxygen atoms in total. The molecule has 0 aromatic carbocycles. The van der Waals surface area contributed by atoms with Crippen LogP contribution in [0.3, 0.4) is 0 Å². The number of ether oxygens (including phenoxy) is 4. The Kier molecular flexibility index (Phi) is 8.96. The van der Waals surface area contributed by atoms with E-state index in [2.05, 4.69) is 11.4 Å². The number of aliphatic hydroxyl groups excluding tert-OH is 1. The second-order valence-electron chi connectivity index (χ2n) is 10.7. The maximum atomic E-state index is 12.2. The Morgan fingerprint density at radius 1 is 1.23 bits per heavy atom. The van der Waals surface area contributed by atoms with Gasteiger partial charge in [0.2, 0.25) is 5.91 Å². The molecular weight excluding hydrogens is 450 g/mol. The minimum atomic E-state index is -0.658. The van der Waals surface area contributed by atoms with E-state index in [-0.39, 0.29) is 35.7 Å². The van der Waals surface area contributed by atoms with Gasteiger partial charge in [-0.2, -0.15) is 0 Å². The van der Waals surface area contributed by atoms with Crippen molar-refractivity contribution in [2.75, 3.05) is 6.61 Å². The number of rotatable bonds is 8. The van der Waals surface area contributed by atoms with Crippen molar-refractivity contribution in [3.63, 3.8) is 0 Å². The fraction of sp³-hybridized carbons (Fsp3) is 0.704. The molecule has 3 fully saturated rings. The van der Waals surface area contributed by atoms with E-state index < -0.39 is 23.9 Å². The number of esters is 1. The summed E-state index contributed by atoms with van der Waals surface area (Å²) in [7, 11) is 0. The molecule has 3 heterocycles. The predicted octanol–water partition coefficient (Wildman–Crippen LogP) is 3.14. The lowest BCUT2D eigenvalue weighted by Crippen LogP contribution is -2.53. The average molecular weight is 492 g/mol. The first kappa shape index (κ1) is 27.6. The Bertz CT molecular complexity index is 858. The average Bonchev–Trinajstić information content (AvgIpc) is 3.53. The monoisotopic (exact) mass is 491 g/mol. The molecule has 2 N–H and O–H groups in total. The van der Waals surface area contributed by atoms with Gasteiger partial charge in [0.25, 0.3) is 0 Å². The maximum Gasteiger partial charge on any atom is 0.303 e. The third-order valence-corrected chi connectivity index (χ3v) is 6.77. The molecule has 0 saturated carbocycles. The molecule has 0 aromatic heterocycles. The van der Waals surface area contributed by atoms with Crippen LogP contribution in [0, 0.1) is 0 Å². The van der Waals surface area contributed by atoms with Crippen molar-refractivity contribution in [1.82, 2.24) is 5.32 Å². The maximum absolute atomic E-state index is 12.2. The molecule has 3 aliphatic heterocycles. The number of nitrogens with one attached hydrogen (secondary N) is 1. The summed E-state index contributed by atoms with van der Waals surface area (Å²) < 4.78 is 22.8. The summed E-state index contributed by atoms with van der Waals surface area (Å²) in [6, 6.07) is -0.0670. The number of carbonyl (C=O) groups is 2. The van der Waals surface area contributed by atoms with E-state index in [1.54, 1.807) is 13.0 Å². The number of epoxide rings is 1. The van der Waals surface area contributed by atoms with Crippen molar-refractivity contribution in [3.05, 3.63) is 36.0 Å². The first-order chi connectivity index (χ1) is 16.4. The second-order valence-corrected chi connectivity index (χ2v) is 10.7. The largest absolute Gasteiger partial charge is 0.459 e. The van der Waals surface area contributed by atoms with Gasteiger partial charge in [-0.05, 0) is 60.0 Å². The Morgan fingerprint density at radius 3 is 2.57 bits per heavy atom. The molecule has 0 bridgehead atoms. The molecule has 7 atom stereocenters. The fourth-order valence-corrected chi connectivity index (χ4v) is 4.93. The number of aliphatic hydroxyl groups is 1. The van der Waals surface area contributed by atoms with Crippen LogP contribution in [0.2, 0.25) is 0 Å². The van der Waals surface area contributed by atoms with Gasteiger partial charge in [-0.3, -0.25) is 9.59 Å². The van der Waals surface area contributed by atoms with Gasteiger partial charge < -0.3 is 29.4 Å². The molecular formula is C27H41NO7. The van der Waals surface area contributed by atoms with E-state index in [9.17, 15) is 14.7 Å². The summed E-state index contributed by atoms with van der Waals surface area (Å²) in [6.07, 6.45) is 10.6. The van der Waals surface area contributed by atoms with E-state index in [1.807, 2.05) is 39.8 Å². The van der Waals surface area contributed by atoms with Gasteiger partial charge in [0.1, 0.15) is 23.9 Å². The molecule has 196 valence electrons. The quantitative estimate of drug-likeness (QED) is 0.232. The van der Waals surface area contributed by atoms with E-state index in [1.165, 1.54) is 13.0 Å². The Labute approximate surface area is 208 Å². The summed E-state index contributed by atoms with van der Waals surface area (Å²) in [5, 5.41) is 13.6. The van der Waals surface area contributed by atoms with Gasteiger partial charge in [0.15, 0.2) is 0 Å². The zero-order valence-corrected chi connectivity index (χ0v) is 21.8. The van der Waals surface area contributed by atoms with Crippen LogP contribution in [-0.4, -0.2) is 71.4 Å². The van der Waals surface area contributed by atoms with Crippen molar-refractivity contribution in [2.24, 2.45) is 0 Å². The van der Waals surface area contributed by atoms with Crippen LogP contribution in [-0.2, 0) is 28.5 Å². The zero-order valence-electron chi connectivity index (χ0n) is 21.8. The standard InChI is InChI=1S/C27H41NO7/c1-17(8-13-23-25(31)27(16-32-27)15-26(5,6)35-23)7-10-21-11-12-22(19(3)34-21)28-24(30)14-9-18(2)33-20(4)29/h7-9,13-14,18-19,21-23,25,31H,10-12,15-16H2,1-6H3,(H,28,30)/t18-,19+,21-,22+,23+,25+,27+/m0/s1. The van der Waals surface area contributed by atoms with Gasteiger partial charge in [-0.25, -0.2) is 0 Å². The first-order valence-electron chi connectivity index (χ1n) is 12.6. The minimum absolute atomic E-state index is 0.0670. The van der Waals surface area contributed by atoms with Crippen LogP contribution in [0.4, 0.5) is 0 Å². The highest BCUT2D eigenvalue weighted by molar-refractivity contribution is 5.87. The van der Waals surface area contributed by atoms with Crippen molar-refractivity contribution in [3.8, 4) is 0 Å². The Balaban J connectivity index is 1.44. The lowest BCUT2D eigenvalue weighted by molar-refractivity contribution is -0.171. The normalized spacial score (nSPS) is 35.9. The smallest absolute Gasteiger partial charge is 0.303 e. The third-order valence-electron chi connectivity index (χ3n) is 6.77. The third kappa shape index (κ3) is 8.00. The zero-order chi connectivity index (χ0) is 25.8. The second kappa shape index (κ2) is 11.4. The van der Waals surface area contributed by atoms with E-state index >= 15 is 0 Å². The highest BCUT2D eigenvalue weighted by Crippen LogP contribution is 2.46. The molecule has 35 heavy (non-hydrogen) atoms. The molecule has 8 heteroatoms. The van der Waals surface area contributed by atoms with Gasteiger partial charge in [0.05, 0.1) is 30.5 Å². The molecule has 0 aliphatic carbocycles. The van der Waals surface area contributed by atoms with Crippen LogP contribution in [0.1, 0.15) is 67.2 Å². The first-order valence-corrected chi connectivity index (χ1v) is 12.6. The lowest BCUT2D eigenvalue weighted by Gasteiger charge is -2.41. The predicted molar refractivity (Wildman–Crippen MR) is 132 cm³/mol. The number of hydrogen-bond acceptors (Lipinski definition) is 7. The van der Waals surface area contributed by atoms with E-state index in [4.69, 9.17) is 18.9 Å². The van der Waals surface area contributed by atoms with E-state index in [0.717, 1.165) is 24.8 Å². The van der Waals surface area contributed by atoms with Crippen molar-refractivity contribution < 1.29 is 33.6 Å². The van der Waals surface area contributed by atoms with Crippen LogP contribution in [0.5, 0.6) is 0 Å². The fourth-order valence-electron chi connectivity index (χ4n) is 4.93. The number of carbonyl (C=O) groups excluding carboxylic acids is 2. The molecule has 0 unspecified atom stereocenters. The molecule has 1 spiro atoms. The summed E-state index contributed by atoms with van der Waals surface area (Å²) >= 11 is 0. The van der Waals surface area contributed by atoms with Crippen molar-refractivity contribution >= 4 is 11.9 Å². The van der Waals surface area contributed by atoms with Crippen molar-refractivity contribution in [2.45, 2.75) is 115 Å². The highest BCUT2D eigenvalue weighted by atomic mass is 16.6. The molecule has 0 aromatic rings. The van der Waals surface area contributed by atoms with Crippen LogP contribution >= 0.6 is 0 Å². The molecule has 3 aliphatic rings. The van der Waals surface area contributed by atoms with Gasteiger partial charge in [0, 0.05) is 19.4 Å². The molecule has 1 amide bonds. The number of amides is 1. The lowest BCUT2D eigenvalue weighted by atomic mass is 9.83. The molecule has 0 radical (unpaired) electrons. The van der Waals surface area contributed by atoms with Crippen LogP contribution in [0.25, 0.3) is 0 Å². The minimum Gasteiger partial charge on any atom is -0.459 e. The highest BCUT2D eigenvalue weighted by Gasteiger charge is 2.60. The SMILES string of the molecule is CC(=O)O[C@@H](C)C=CC(=O)N[C@@H]1CC[C@H](CC=C(C)C=C[C@H]2OC(C)(C)C[C@@]3(CO3)[C@@H]2O)O[C@@H]1C. The summed E-state index contributed by atoms with van der Waals surface area (Å²) in [5.41, 5.74) is 0.285. The Morgan fingerprint density at radius 2 is 1.94 bits per heavy atom. The van der Waals surface area contributed by atoms with Gasteiger partial charge in [-0.1, -0.05) is 23.8 Å². The topological polar surface area (TPSA) is 107 Å². The van der Waals surface area contributed by atoms with Gasteiger partial charge in [-0.15, -0.1) is 0 Å².